The highest BCUT2D eigenvalue weighted by atomic mass is 16.5. The first-order valence-corrected chi connectivity index (χ1v) is 35.7. The second kappa shape index (κ2) is 40.9. The number of likely N-dealkylation sites (tertiary alicyclic amines) is 1. The van der Waals surface area contributed by atoms with Gasteiger partial charge in [-0.05, 0) is 98.5 Å². The Kier molecular flexibility index (Phi) is 33.8. The van der Waals surface area contributed by atoms with Gasteiger partial charge in [0.25, 0.3) is 11.8 Å². The van der Waals surface area contributed by atoms with Crippen LogP contribution in [0.15, 0.2) is 97.1 Å². The number of ether oxygens (including phenoxy) is 3. The predicted octanol–water partition coefficient (Wildman–Crippen LogP) is 9.01. The number of nitrogens with one attached hydrogen (secondary N) is 4. The van der Waals surface area contributed by atoms with Gasteiger partial charge in [-0.2, -0.15) is 0 Å². The molecule has 3 aromatic carbocycles. The molecule has 1 fully saturated rings. The zero-order chi connectivity index (χ0) is 73.9. The number of rotatable bonds is 43. The van der Waals surface area contributed by atoms with E-state index in [9.17, 15) is 52.7 Å². The van der Waals surface area contributed by atoms with E-state index in [1.54, 1.807) is 55.1 Å². The van der Waals surface area contributed by atoms with Gasteiger partial charge >= 0.3 is 12.1 Å². The van der Waals surface area contributed by atoms with Crippen LogP contribution in [0.4, 0.5) is 9.59 Å². The second-order valence-corrected chi connectivity index (χ2v) is 28.3. The highest BCUT2D eigenvalue weighted by Crippen LogP contribution is 2.34. The molecule has 550 valence electrons. The normalized spacial score (nSPS) is 17.2. The third kappa shape index (κ3) is 24.3. The molecule has 0 bridgehead atoms. The molecule has 0 aliphatic carbocycles. The Labute approximate surface area is 592 Å². The molecule has 2 aliphatic rings. The highest BCUT2D eigenvalue weighted by molar-refractivity contribution is 6.12. The number of imide groups is 1. The van der Waals surface area contributed by atoms with Crippen molar-refractivity contribution in [1.82, 2.24) is 40.9 Å². The average molecular weight is 1390 g/mol. The van der Waals surface area contributed by atoms with Crippen molar-refractivity contribution in [2.45, 2.75) is 201 Å². The Morgan fingerprint density at radius 1 is 0.650 bits per heavy atom. The van der Waals surface area contributed by atoms with E-state index in [2.05, 4.69) is 21.3 Å². The van der Waals surface area contributed by atoms with Gasteiger partial charge < -0.3 is 51.0 Å². The molecule has 0 saturated carbocycles. The van der Waals surface area contributed by atoms with Crippen LogP contribution in [0.25, 0.3) is 0 Å². The number of amides is 9. The maximum absolute atomic E-state index is 15.0. The van der Waals surface area contributed by atoms with Gasteiger partial charge in [0.1, 0.15) is 12.4 Å². The van der Waals surface area contributed by atoms with Crippen LogP contribution in [0.3, 0.4) is 0 Å². The Bertz CT molecular complexity index is 3190. The Hall–Kier alpha value is -8.15. The zero-order valence-electron chi connectivity index (χ0n) is 61.5. The van der Waals surface area contributed by atoms with E-state index in [1.165, 1.54) is 19.3 Å². The standard InChI is InChI=1S/C77H113N9O14/c1-15-51(8)71(84(12)75(95)59(49(4)5)45-63(89)70(50(6)7)83(10)11)64(98-13)46-67(92)85-42-26-33-61(85)72(99-14)52(9)73(93)81-68(55-27-19-16-20-28-55)69(56-29-21-17-22-30-56)82-77(97)100-47-54-36-34-53(35-37-54)43-62(88)60(32-25-40-79-76(78)96)80-74(94)58(48(2)3)44-57(87)31-23-18-24-41-86-65(90)38-39-66(86)91/h16-17,19-22,27-30,34-39,48-52,58-61,64,68-72H,15,18,23-26,31-33,40-47H2,1-14H3,(H,80,94)(H,81,93)(H,82,97)(H3,78,79,96)/t51-,52+,58-,59-,60-,61-,64+,68-,69-,70-,71-,72+/m0/s1. The molecule has 12 atom stereocenters. The highest BCUT2D eigenvalue weighted by Gasteiger charge is 2.44. The number of primary amides is 1. The first-order chi connectivity index (χ1) is 47.5. The van der Waals surface area contributed by atoms with E-state index in [1.807, 2.05) is 135 Å². The lowest BCUT2D eigenvalue weighted by Crippen LogP contribution is -2.54. The summed E-state index contributed by atoms with van der Waals surface area (Å²) in [5.41, 5.74) is 7.86. The number of unbranched alkanes of at least 4 members (excludes halogenated alkanes) is 2. The van der Waals surface area contributed by atoms with Crippen LogP contribution in [0.2, 0.25) is 0 Å². The number of carbonyl (C=O) groups excluding carboxylic acids is 11. The van der Waals surface area contributed by atoms with Crippen LogP contribution in [-0.4, -0.2) is 176 Å². The molecule has 6 N–H and O–H groups in total. The largest absolute Gasteiger partial charge is 0.445 e. The van der Waals surface area contributed by atoms with Crippen molar-refractivity contribution < 1.29 is 67.0 Å². The molecule has 23 nitrogen and oxygen atoms in total. The predicted molar refractivity (Wildman–Crippen MR) is 382 cm³/mol. The summed E-state index contributed by atoms with van der Waals surface area (Å²) >= 11 is 0. The number of ketones is 3. The van der Waals surface area contributed by atoms with Crippen LogP contribution >= 0.6 is 0 Å². The fraction of sp³-hybridized carbons (Fsp3) is 0.597. The Morgan fingerprint density at radius 3 is 1.78 bits per heavy atom. The van der Waals surface area contributed by atoms with Crippen molar-refractivity contribution in [1.29, 1.82) is 0 Å². The SMILES string of the molecule is CC[C@H](C)[C@@H]([C@@H](CC(=O)N1CCC[C@H]1[C@H](OC)[C@@H](C)C(=O)N[C@@H](c1ccccc1)[C@@H](NC(=O)OCc1ccc(CC(=O)[C@H](CCCNC(N)=O)NC(=O)[C@@H](CC(=O)CCCCCN2C(=O)C=CC2=O)C(C)C)cc1)c1ccccc1)OC)N(C)C(=O)[C@@H](CC(=O)[C@H](C(C)C)N(C)C)C(C)C. The summed E-state index contributed by atoms with van der Waals surface area (Å²) in [4.78, 5) is 155. The number of hydrogen-bond acceptors (Lipinski definition) is 15. The number of hydrogen-bond donors (Lipinski definition) is 5. The van der Waals surface area contributed by atoms with Gasteiger partial charge in [-0.25, -0.2) is 9.59 Å². The van der Waals surface area contributed by atoms with E-state index in [0.29, 0.717) is 73.7 Å². The summed E-state index contributed by atoms with van der Waals surface area (Å²) in [6.45, 7) is 18.1. The molecule has 0 radical (unpaired) electrons. The van der Waals surface area contributed by atoms with E-state index in [0.717, 1.165) is 4.90 Å². The van der Waals surface area contributed by atoms with Gasteiger partial charge in [0, 0.05) is 90.6 Å². The maximum Gasteiger partial charge on any atom is 0.408 e. The molecule has 1 saturated heterocycles. The maximum atomic E-state index is 15.0. The number of carbonyl (C=O) groups is 11. The fourth-order valence-electron chi connectivity index (χ4n) is 14.0. The molecule has 0 spiro atoms. The van der Waals surface area contributed by atoms with Gasteiger partial charge in [-0.1, -0.05) is 160 Å². The van der Waals surface area contributed by atoms with Crippen molar-refractivity contribution in [3.05, 3.63) is 119 Å². The first kappa shape index (κ1) is 82.5. The fourth-order valence-corrected chi connectivity index (χ4v) is 14.0. The number of urea groups is 1. The molecule has 0 unspecified atom stereocenters. The third-order valence-electron chi connectivity index (χ3n) is 19.8. The number of benzene rings is 3. The van der Waals surface area contributed by atoms with Crippen LogP contribution < -0.4 is 27.0 Å². The zero-order valence-corrected chi connectivity index (χ0v) is 61.5. The molecule has 3 aromatic rings. The van der Waals surface area contributed by atoms with E-state index >= 15 is 0 Å². The lowest BCUT2D eigenvalue weighted by molar-refractivity contribution is -0.149. The molecule has 5 rings (SSSR count). The quantitative estimate of drug-likeness (QED) is 0.0261. The van der Waals surface area contributed by atoms with Crippen molar-refractivity contribution in [3.8, 4) is 0 Å². The molecule has 9 amide bonds. The molecule has 0 aromatic heterocycles. The van der Waals surface area contributed by atoms with E-state index < -0.39 is 84.1 Å². The lowest BCUT2D eigenvalue weighted by atomic mass is 9.83. The van der Waals surface area contributed by atoms with Crippen LogP contribution in [-0.2, 0) is 70.4 Å². The monoisotopic (exact) mass is 1390 g/mol. The smallest absolute Gasteiger partial charge is 0.408 e. The summed E-state index contributed by atoms with van der Waals surface area (Å²) in [6.07, 6.45) is 4.47. The van der Waals surface area contributed by atoms with Gasteiger partial charge in [0.2, 0.25) is 23.6 Å². The number of likely N-dealkylation sites (N-methyl/N-ethyl adjacent to an activating group) is 2. The number of nitrogens with two attached hydrogens (primary N) is 1. The van der Waals surface area contributed by atoms with Gasteiger partial charge in [-0.3, -0.25) is 53.0 Å². The molecule has 100 heavy (non-hydrogen) atoms. The molecule has 2 aliphatic heterocycles. The number of nitrogens with zero attached hydrogens (tertiary/aromatic N) is 4. The third-order valence-corrected chi connectivity index (χ3v) is 19.8. The summed E-state index contributed by atoms with van der Waals surface area (Å²) in [5.74, 6) is -4.84. The molecular weight excluding hydrogens is 1270 g/mol. The van der Waals surface area contributed by atoms with Crippen molar-refractivity contribution >= 4 is 64.9 Å². The molecular formula is C77H113N9O14. The minimum atomic E-state index is -0.959. The number of alkyl carbamates (subject to hydrolysis) is 1. The van der Waals surface area contributed by atoms with Crippen molar-refractivity contribution in [2.24, 2.45) is 47.2 Å². The van der Waals surface area contributed by atoms with Crippen LogP contribution in [0, 0.1) is 41.4 Å². The lowest BCUT2D eigenvalue weighted by Gasteiger charge is -2.41. The Balaban J connectivity index is 1.26. The van der Waals surface area contributed by atoms with Crippen molar-refractivity contribution in [3.63, 3.8) is 0 Å². The first-order valence-electron chi connectivity index (χ1n) is 35.7. The van der Waals surface area contributed by atoms with Gasteiger partial charge in [0.05, 0.1) is 60.8 Å². The second-order valence-electron chi connectivity index (χ2n) is 28.3. The van der Waals surface area contributed by atoms with Gasteiger partial charge in [0.15, 0.2) is 11.6 Å². The summed E-state index contributed by atoms with van der Waals surface area (Å²) < 4.78 is 18.2. The van der Waals surface area contributed by atoms with Crippen LogP contribution in [0.1, 0.15) is 174 Å². The summed E-state index contributed by atoms with van der Waals surface area (Å²) in [6, 6.07) is 20.6. The Morgan fingerprint density at radius 2 is 1.24 bits per heavy atom. The number of Topliss-reactive ketones (excluding diaryl/α,β-unsaturated/α-hetero) is 3. The summed E-state index contributed by atoms with van der Waals surface area (Å²) in [5, 5.41) is 11.7. The molecule has 23 heteroatoms. The van der Waals surface area contributed by atoms with E-state index in [-0.39, 0.29) is 129 Å². The molecule has 2 heterocycles. The minimum absolute atomic E-state index is 0.00933. The van der Waals surface area contributed by atoms with E-state index in [4.69, 9.17) is 19.9 Å². The average Bonchev–Trinajstić information content (AvgIpc) is 1.29. The number of methoxy groups -OCH3 is 2. The van der Waals surface area contributed by atoms with Crippen LogP contribution in [0.5, 0.6) is 0 Å². The minimum Gasteiger partial charge on any atom is -0.445 e. The topological polar surface area (TPSA) is 303 Å². The van der Waals surface area contributed by atoms with Crippen molar-refractivity contribution in [2.75, 3.05) is 55.0 Å². The summed E-state index contributed by atoms with van der Waals surface area (Å²) in [7, 11) is 8.59. The van der Waals surface area contributed by atoms with Gasteiger partial charge in [-0.15, -0.1) is 0 Å².